The quantitative estimate of drug-likeness (QED) is 0.681. The van der Waals surface area contributed by atoms with E-state index in [1.807, 2.05) is 30.3 Å². The highest BCUT2D eigenvalue weighted by molar-refractivity contribution is 9.18. The molecule has 2 aromatic rings. The number of para-hydroxylation sites is 1. The molecule has 2 aliphatic heterocycles. The van der Waals surface area contributed by atoms with Crippen LogP contribution in [0.25, 0.3) is 10.9 Å². The molecule has 0 spiro atoms. The molecule has 158 valence electrons. The van der Waals surface area contributed by atoms with E-state index in [0.29, 0.717) is 11.0 Å². The highest BCUT2D eigenvalue weighted by atomic mass is 79.9. The van der Waals surface area contributed by atoms with E-state index in [1.165, 1.54) is 4.90 Å². The molecule has 0 aliphatic carbocycles. The Morgan fingerprint density at radius 1 is 1.37 bits per heavy atom. The zero-order valence-electron chi connectivity index (χ0n) is 16.0. The van der Waals surface area contributed by atoms with Gasteiger partial charge in [0, 0.05) is 30.0 Å². The summed E-state index contributed by atoms with van der Waals surface area (Å²) in [6.07, 6.45) is 0.693. The van der Waals surface area contributed by atoms with Gasteiger partial charge in [-0.3, -0.25) is 14.7 Å². The third-order valence-corrected chi connectivity index (χ3v) is 5.50. The summed E-state index contributed by atoms with van der Waals surface area (Å²) in [6, 6.07) is 8.76. The smallest absolute Gasteiger partial charge is 0.410 e. The molecule has 2 aliphatic rings. The third-order valence-electron chi connectivity index (χ3n) is 5.03. The number of oxime groups is 1. The predicted octanol–water partition coefficient (Wildman–Crippen LogP) is 1.92. The number of rotatable bonds is 5. The molecule has 0 radical (unpaired) electrons. The summed E-state index contributed by atoms with van der Waals surface area (Å²) < 4.78 is 6.07. The molecule has 0 saturated carbocycles. The lowest BCUT2D eigenvalue weighted by molar-refractivity contribution is -0.125. The first-order valence-electron chi connectivity index (χ1n) is 9.60. The highest BCUT2D eigenvalue weighted by Gasteiger charge is 2.40. The number of β-amino-alcohol motifs (C(OH)–C–C–N with tert-alkyl or cyclic N) is 1. The number of pyridine rings is 1. The van der Waals surface area contributed by atoms with Crippen molar-refractivity contribution in [2.75, 3.05) is 13.1 Å². The minimum atomic E-state index is -0.798. The highest BCUT2D eigenvalue weighted by Crippen LogP contribution is 2.21. The van der Waals surface area contributed by atoms with Gasteiger partial charge in [-0.05, 0) is 28.1 Å². The van der Waals surface area contributed by atoms with Gasteiger partial charge in [0.15, 0.2) is 6.10 Å². The largest absolute Gasteiger partial charge is 0.444 e. The number of hydrogen-bond donors (Lipinski definition) is 2. The van der Waals surface area contributed by atoms with E-state index in [0.717, 1.165) is 16.5 Å². The van der Waals surface area contributed by atoms with E-state index in [9.17, 15) is 14.7 Å². The molecule has 3 atom stereocenters. The number of likely N-dealkylation sites (tertiary alicyclic amines) is 1. The van der Waals surface area contributed by atoms with Gasteiger partial charge < -0.3 is 20.0 Å². The molecule has 2 unspecified atom stereocenters. The molecule has 0 bridgehead atoms. The second-order valence-electron chi connectivity index (χ2n) is 7.29. The van der Waals surface area contributed by atoms with E-state index in [1.54, 1.807) is 6.20 Å². The first-order valence-corrected chi connectivity index (χ1v) is 10.4. The first kappa shape index (κ1) is 20.5. The van der Waals surface area contributed by atoms with Crippen molar-refractivity contribution >= 4 is 43.5 Å². The normalized spacial score (nSPS) is 23.2. The Morgan fingerprint density at radius 2 is 2.20 bits per heavy atom. The molecule has 1 saturated heterocycles. The number of carbonyl (C=O) groups is 2. The van der Waals surface area contributed by atoms with Crippen molar-refractivity contribution < 1.29 is 24.3 Å². The minimum Gasteiger partial charge on any atom is -0.444 e. The van der Waals surface area contributed by atoms with Gasteiger partial charge in [0.1, 0.15) is 17.3 Å². The van der Waals surface area contributed by atoms with Crippen LogP contribution in [-0.2, 0) is 21.0 Å². The standard InChI is InChI=1S/C20H21BrN4O5/c21-18-7-15(30-24-18)9-23-19(27)17-6-14(26)10-25(17)20(28)29-11-12-5-13-3-1-2-4-16(13)22-8-12/h1-5,8,14-15,17,26H,6-7,9-11H2,(H,23,27)/t14?,15-,17?/m0/s1. The molecule has 3 heterocycles. The van der Waals surface area contributed by atoms with Gasteiger partial charge in [-0.2, -0.15) is 0 Å². The number of hydrogen-bond acceptors (Lipinski definition) is 7. The fourth-order valence-corrected chi connectivity index (χ4v) is 3.97. The number of nitrogens with one attached hydrogen (secondary N) is 1. The Kier molecular flexibility index (Phi) is 6.14. The lowest BCUT2D eigenvalue weighted by atomic mass is 10.2. The van der Waals surface area contributed by atoms with E-state index in [2.05, 4.69) is 31.4 Å². The second-order valence-corrected chi connectivity index (χ2v) is 8.21. The second kappa shape index (κ2) is 8.97. The fraction of sp³-hybridized carbons (Fsp3) is 0.400. The third kappa shape index (κ3) is 4.71. The van der Waals surface area contributed by atoms with Crippen LogP contribution >= 0.6 is 15.9 Å². The molecular weight excluding hydrogens is 456 g/mol. The minimum absolute atomic E-state index is 0.0267. The van der Waals surface area contributed by atoms with Crippen LogP contribution in [0.4, 0.5) is 4.79 Å². The zero-order chi connectivity index (χ0) is 21.1. The number of aliphatic hydroxyl groups is 1. The van der Waals surface area contributed by atoms with Crippen LogP contribution in [0.1, 0.15) is 18.4 Å². The summed E-state index contributed by atoms with van der Waals surface area (Å²) in [5, 5.41) is 17.5. The predicted molar refractivity (Wildman–Crippen MR) is 112 cm³/mol. The van der Waals surface area contributed by atoms with Crippen LogP contribution in [0.15, 0.2) is 41.7 Å². The number of fused-ring (bicyclic) bond motifs is 1. The van der Waals surface area contributed by atoms with Gasteiger partial charge in [-0.15, -0.1) is 0 Å². The molecule has 9 nitrogen and oxygen atoms in total. The zero-order valence-corrected chi connectivity index (χ0v) is 17.6. The average Bonchev–Trinajstić information content (AvgIpc) is 3.35. The molecule has 2 N–H and O–H groups in total. The number of amides is 2. The van der Waals surface area contributed by atoms with E-state index in [-0.39, 0.29) is 38.1 Å². The van der Waals surface area contributed by atoms with Crippen LogP contribution < -0.4 is 5.32 Å². The average molecular weight is 477 g/mol. The molecule has 1 fully saturated rings. The van der Waals surface area contributed by atoms with Crippen LogP contribution in [0.3, 0.4) is 0 Å². The van der Waals surface area contributed by atoms with Crippen molar-refractivity contribution in [3.8, 4) is 0 Å². The van der Waals surface area contributed by atoms with Crippen molar-refractivity contribution in [2.45, 2.75) is 37.7 Å². The Labute approximate surface area is 181 Å². The number of carbonyl (C=O) groups excluding carboxylic acids is 2. The van der Waals surface area contributed by atoms with Gasteiger partial charge in [0.05, 0.1) is 24.7 Å². The van der Waals surface area contributed by atoms with Crippen molar-refractivity contribution in [1.29, 1.82) is 0 Å². The summed E-state index contributed by atoms with van der Waals surface area (Å²) in [5.74, 6) is -0.359. The molecule has 1 aromatic heterocycles. The van der Waals surface area contributed by atoms with Crippen molar-refractivity contribution in [3.63, 3.8) is 0 Å². The molecular formula is C20H21BrN4O5. The van der Waals surface area contributed by atoms with Crippen LogP contribution in [0.5, 0.6) is 0 Å². The maximum absolute atomic E-state index is 12.6. The Morgan fingerprint density at radius 3 is 3.00 bits per heavy atom. The summed E-state index contributed by atoms with van der Waals surface area (Å²) in [6.45, 7) is 0.329. The monoisotopic (exact) mass is 476 g/mol. The SMILES string of the molecule is O=C(NC[C@@H]1CC(Br)=NO1)C1CC(O)CN1C(=O)OCc1cnc2ccccc2c1. The molecule has 1 aromatic carbocycles. The molecule has 10 heteroatoms. The summed E-state index contributed by atoms with van der Waals surface area (Å²) >= 11 is 3.24. The number of nitrogens with zero attached hydrogens (tertiary/aromatic N) is 3. The molecule has 2 amide bonds. The van der Waals surface area contributed by atoms with Gasteiger partial charge in [-0.1, -0.05) is 23.4 Å². The Balaban J connectivity index is 1.33. The van der Waals surface area contributed by atoms with Crippen LogP contribution in [0.2, 0.25) is 0 Å². The Hall–Kier alpha value is -2.72. The van der Waals surface area contributed by atoms with E-state index in [4.69, 9.17) is 9.57 Å². The number of halogens is 1. The van der Waals surface area contributed by atoms with Gasteiger partial charge in [0.25, 0.3) is 0 Å². The fourth-order valence-electron chi connectivity index (χ4n) is 3.52. The number of aliphatic hydroxyl groups excluding tert-OH is 1. The summed E-state index contributed by atoms with van der Waals surface area (Å²) in [4.78, 5) is 35.9. The van der Waals surface area contributed by atoms with Crippen LogP contribution in [-0.4, -0.2) is 63.0 Å². The Bertz CT molecular complexity index is 985. The van der Waals surface area contributed by atoms with Gasteiger partial charge in [0.2, 0.25) is 5.91 Å². The van der Waals surface area contributed by atoms with Gasteiger partial charge >= 0.3 is 6.09 Å². The number of benzene rings is 1. The topological polar surface area (TPSA) is 113 Å². The maximum Gasteiger partial charge on any atom is 0.410 e. The maximum atomic E-state index is 12.6. The molecule has 30 heavy (non-hydrogen) atoms. The van der Waals surface area contributed by atoms with Crippen LogP contribution in [0, 0.1) is 0 Å². The summed E-state index contributed by atoms with van der Waals surface area (Å²) in [7, 11) is 0. The molecule has 4 rings (SSSR count). The van der Waals surface area contributed by atoms with Crippen molar-refractivity contribution in [1.82, 2.24) is 15.2 Å². The lowest BCUT2D eigenvalue weighted by Gasteiger charge is -2.23. The number of aromatic nitrogens is 1. The first-order chi connectivity index (χ1) is 14.5. The van der Waals surface area contributed by atoms with E-state index < -0.39 is 18.2 Å². The number of ether oxygens (including phenoxy) is 1. The summed E-state index contributed by atoms with van der Waals surface area (Å²) in [5.41, 5.74) is 1.60. The lowest BCUT2D eigenvalue weighted by Crippen LogP contribution is -2.47. The van der Waals surface area contributed by atoms with Gasteiger partial charge in [-0.25, -0.2) is 4.79 Å². The van der Waals surface area contributed by atoms with Crippen molar-refractivity contribution in [3.05, 3.63) is 42.1 Å². The van der Waals surface area contributed by atoms with Crippen molar-refractivity contribution in [2.24, 2.45) is 5.16 Å². The van der Waals surface area contributed by atoms with E-state index >= 15 is 0 Å².